The van der Waals surface area contributed by atoms with Crippen LogP contribution >= 0.6 is 0 Å². The van der Waals surface area contributed by atoms with E-state index >= 15 is 0 Å². The van der Waals surface area contributed by atoms with Crippen molar-refractivity contribution >= 4 is 10.8 Å². The van der Waals surface area contributed by atoms with E-state index in [1.54, 1.807) is 0 Å². The van der Waals surface area contributed by atoms with Crippen LogP contribution in [0.4, 0.5) is 0 Å². The molecule has 23 heavy (non-hydrogen) atoms. The molecule has 0 atom stereocenters. The average molecular weight is 345 g/mol. The van der Waals surface area contributed by atoms with Crippen LogP contribution in [0.5, 0.6) is 0 Å². The topological polar surface area (TPSA) is 17.1 Å². The van der Waals surface area contributed by atoms with Crippen LogP contribution in [0.25, 0.3) is 0 Å². The molecule has 0 aromatic rings. The highest BCUT2D eigenvalue weighted by atomic mass is 32.2. The van der Waals surface area contributed by atoms with Crippen molar-refractivity contribution in [1.82, 2.24) is 0 Å². The summed E-state index contributed by atoms with van der Waals surface area (Å²) in [7, 11) is -0.521. The van der Waals surface area contributed by atoms with Gasteiger partial charge in [0.2, 0.25) is 0 Å². The van der Waals surface area contributed by atoms with Gasteiger partial charge in [-0.1, -0.05) is 71.1 Å². The Kier molecular flexibility index (Phi) is 12.3. The Morgan fingerprint density at radius 1 is 0.696 bits per heavy atom. The van der Waals surface area contributed by atoms with Crippen LogP contribution in [-0.4, -0.2) is 46.4 Å². The van der Waals surface area contributed by atoms with Gasteiger partial charge >= 0.3 is 0 Å². The lowest BCUT2D eigenvalue weighted by Gasteiger charge is -2.40. The molecule has 0 aliphatic carbocycles. The van der Waals surface area contributed by atoms with Crippen LogP contribution in [0, 0.1) is 0 Å². The van der Waals surface area contributed by atoms with E-state index in [2.05, 4.69) is 13.8 Å². The fourth-order valence-corrected chi connectivity index (χ4v) is 5.18. The molecule has 0 aromatic heterocycles. The van der Waals surface area contributed by atoms with Crippen molar-refractivity contribution in [3.63, 3.8) is 0 Å². The van der Waals surface area contributed by atoms with E-state index in [0.29, 0.717) is 0 Å². The molecule has 0 bridgehead atoms. The number of hydrogen-bond donors (Lipinski definition) is 0. The Balaban J connectivity index is 1.90. The smallest absolute Gasteiger partial charge is 0.0904 e. The molecule has 0 aromatic carbocycles. The first-order chi connectivity index (χ1) is 11.2. The number of hydrogen-bond acceptors (Lipinski definition) is 1. The zero-order chi connectivity index (χ0) is 16.8. The normalized spacial score (nSPS) is 24.9. The monoisotopic (exact) mass is 344 g/mol. The second-order valence-electron chi connectivity index (χ2n) is 7.57. The van der Waals surface area contributed by atoms with Crippen molar-refractivity contribution in [2.45, 2.75) is 90.9 Å². The molecule has 0 amide bonds. The van der Waals surface area contributed by atoms with E-state index < -0.39 is 10.8 Å². The highest BCUT2D eigenvalue weighted by Gasteiger charge is 2.30. The van der Waals surface area contributed by atoms with Crippen molar-refractivity contribution in [2.24, 2.45) is 0 Å². The molecule has 0 spiro atoms. The highest BCUT2D eigenvalue weighted by Crippen LogP contribution is 2.16. The zero-order valence-corrected chi connectivity index (χ0v) is 16.8. The maximum atomic E-state index is 11.5. The van der Waals surface area contributed by atoms with Crippen LogP contribution < -0.4 is 0 Å². The van der Waals surface area contributed by atoms with Gasteiger partial charge in [-0.3, -0.25) is 4.21 Å². The molecule has 3 heteroatoms. The van der Waals surface area contributed by atoms with Crippen LogP contribution in [0.2, 0.25) is 0 Å². The van der Waals surface area contributed by atoms with Crippen LogP contribution in [0.3, 0.4) is 0 Å². The third-order valence-electron chi connectivity index (χ3n) is 5.74. The molecule has 1 heterocycles. The lowest BCUT2D eigenvalue weighted by Crippen LogP contribution is -2.55. The number of nitrogens with zero attached hydrogens (tertiary/aromatic N) is 1. The van der Waals surface area contributed by atoms with E-state index in [4.69, 9.17) is 0 Å². The minimum absolute atomic E-state index is 0.521. The Hall–Kier alpha value is 0.110. The molecule has 0 unspecified atom stereocenters. The minimum Gasteiger partial charge on any atom is -0.322 e. The summed E-state index contributed by atoms with van der Waals surface area (Å²) < 4.78 is 12.8. The molecule has 1 saturated heterocycles. The molecular weight excluding hydrogens is 302 g/mol. The first-order valence-corrected chi connectivity index (χ1v) is 11.9. The van der Waals surface area contributed by atoms with Crippen molar-refractivity contribution < 1.29 is 8.69 Å². The Labute approximate surface area is 148 Å². The fraction of sp³-hybridized carbons (Fsp3) is 1.00. The lowest BCUT2D eigenvalue weighted by molar-refractivity contribution is -0.923. The van der Waals surface area contributed by atoms with E-state index in [9.17, 15) is 4.21 Å². The molecule has 0 N–H and O–H groups in total. The molecule has 1 rings (SSSR count). The van der Waals surface area contributed by atoms with Crippen molar-refractivity contribution in [3.8, 4) is 0 Å². The Bertz CT molecular complexity index is 296. The van der Waals surface area contributed by atoms with Gasteiger partial charge in [-0.2, -0.15) is 0 Å². The summed E-state index contributed by atoms with van der Waals surface area (Å²) in [5.41, 5.74) is 0. The SMILES string of the molecule is CCCCCCCCCCCCCC[N+]1(CC)CCS(=O)CC1. The lowest BCUT2D eigenvalue weighted by atomic mass is 10.0. The summed E-state index contributed by atoms with van der Waals surface area (Å²) in [5.74, 6) is 1.87. The van der Waals surface area contributed by atoms with Gasteiger partial charge in [-0.15, -0.1) is 0 Å². The van der Waals surface area contributed by atoms with E-state index in [0.717, 1.165) is 24.6 Å². The summed E-state index contributed by atoms with van der Waals surface area (Å²) in [4.78, 5) is 0. The van der Waals surface area contributed by atoms with Crippen LogP contribution in [-0.2, 0) is 10.8 Å². The number of quaternary nitrogens is 1. The summed E-state index contributed by atoms with van der Waals surface area (Å²) in [6.45, 7) is 9.47. The summed E-state index contributed by atoms with van der Waals surface area (Å²) in [6, 6.07) is 0. The maximum absolute atomic E-state index is 11.5. The third kappa shape index (κ3) is 9.86. The molecule has 1 fully saturated rings. The first-order valence-electron chi connectivity index (χ1n) is 10.4. The fourth-order valence-electron chi connectivity index (χ4n) is 3.79. The standard InChI is InChI=1S/C20H42NOS/c1-3-5-6-7-8-9-10-11-12-13-14-15-16-21(4-2)17-19-23(22)20-18-21/h3-20H2,1-2H3/q+1. The molecule has 2 nitrogen and oxygen atoms in total. The summed E-state index contributed by atoms with van der Waals surface area (Å²) >= 11 is 0. The average Bonchev–Trinajstić information content (AvgIpc) is 2.58. The largest absolute Gasteiger partial charge is 0.322 e. The summed E-state index contributed by atoms with van der Waals surface area (Å²) in [6.07, 6.45) is 17.1. The quantitative estimate of drug-likeness (QED) is 0.309. The maximum Gasteiger partial charge on any atom is 0.0904 e. The van der Waals surface area contributed by atoms with E-state index in [1.807, 2.05) is 0 Å². The molecule has 138 valence electrons. The van der Waals surface area contributed by atoms with Crippen molar-refractivity contribution in [1.29, 1.82) is 0 Å². The van der Waals surface area contributed by atoms with Gasteiger partial charge in [0, 0.05) is 10.8 Å². The van der Waals surface area contributed by atoms with Gasteiger partial charge in [-0.25, -0.2) is 0 Å². The predicted molar refractivity (Wildman–Crippen MR) is 104 cm³/mol. The highest BCUT2D eigenvalue weighted by molar-refractivity contribution is 7.85. The Morgan fingerprint density at radius 3 is 1.57 bits per heavy atom. The number of unbranched alkanes of at least 4 members (excludes halogenated alkanes) is 11. The van der Waals surface area contributed by atoms with Crippen molar-refractivity contribution in [3.05, 3.63) is 0 Å². The second-order valence-corrected chi connectivity index (χ2v) is 9.26. The first kappa shape index (κ1) is 21.2. The third-order valence-corrected chi connectivity index (χ3v) is 7.02. The van der Waals surface area contributed by atoms with E-state index in [-0.39, 0.29) is 0 Å². The van der Waals surface area contributed by atoms with E-state index in [1.165, 1.54) is 94.6 Å². The van der Waals surface area contributed by atoms with Crippen LogP contribution in [0.15, 0.2) is 0 Å². The molecule has 0 saturated carbocycles. The van der Waals surface area contributed by atoms with Crippen LogP contribution in [0.1, 0.15) is 90.9 Å². The second kappa shape index (κ2) is 13.4. The van der Waals surface area contributed by atoms with Gasteiger partial charge in [-0.05, 0) is 19.8 Å². The summed E-state index contributed by atoms with van der Waals surface area (Å²) in [5, 5.41) is 0. The van der Waals surface area contributed by atoms with Gasteiger partial charge in [0.1, 0.15) is 0 Å². The van der Waals surface area contributed by atoms with Gasteiger partial charge in [0.15, 0.2) is 0 Å². The number of rotatable bonds is 14. The predicted octanol–water partition coefficient (Wildman–Crippen LogP) is 5.29. The molecular formula is C20H42NOS+. The van der Waals surface area contributed by atoms with Gasteiger partial charge in [0.05, 0.1) is 37.7 Å². The minimum atomic E-state index is -0.521. The van der Waals surface area contributed by atoms with Gasteiger partial charge < -0.3 is 4.48 Å². The molecule has 0 radical (unpaired) electrons. The Morgan fingerprint density at radius 2 is 1.13 bits per heavy atom. The molecule has 1 aliphatic rings. The van der Waals surface area contributed by atoms with Gasteiger partial charge in [0.25, 0.3) is 0 Å². The van der Waals surface area contributed by atoms with Crippen molar-refractivity contribution in [2.75, 3.05) is 37.7 Å². The zero-order valence-electron chi connectivity index (χ0n) is 16.0. The molecule has 1 aliphatic heterocycles.